The Kier molecular flexibility index (Phi) is 3.80. The number of hydrogen-bond donors (Lipinski definition) is 1. The minimum atomic E-state index is -0.978. The first kappa shape index (κ1) is 14.2. The first-order chi connectivity index (χ1) is 10.6. The summed E-state index contributed by atoms with van der Waals surface area (Å²) in [6.45, 7) is 0. The molecule has 0 aliphatic heterocycles. The van der Waals surface area contributed by atoms with Crippen molar-refractivity contribution in [2.24, 2.45) is 0 Å². The lowest BCUT2D eigenvalue weighted by atomic mass is 10.2. The molecule has 22 heavy (non-hydrogen) atoms. The average molecular weight is 313 g/mol. The average Bonchev–Trinajstić information content (AvgIpc) is 2.89. The molecule has 3 aromatic heterocycles. The number of thiazole rings is 1. The Morgan fingerprint density at radius 1 is 1.32 bits per heavy atom. The van der Waals surface area contributed by atoms with Crippen LogP contribution in [-0.2, 0) is 11.2 Å². The van der Waals surface area contributed by atoms with Crippen molar-refractivity contribution in [3.8, 4) is 0 Å². The second-order valence-corrected chi connectivity index (χ2v) is 5.39. The number of carbonyl (C=O) groups is 1. The zero-order chi connectivity index (χ0) is 15.5. The Morgan fingerprint density at radius 2 is 2.09 bits per heavy atom. The third kappa shape index (κ3) is 2.94. The first-order valence-corrected chi connectivity index (χ1v) is 7.31. The summed E-state index contributed by atoms with van der Waals surface area (Å²) in [7, 11) is 0. The van der Waals surface area contributed by atoms with Gasteiger partial charge in [-0.3, -0.25) is 19.0 Å². The van der Waals surface area contributed by atoms with E-state index in [4.69, 9.17) is 5.11 Å². The van der Waals surface area contributed by atoms with Gasteiger partial charge in [0.1, 0.15) is 0 Å². The molecule has 0 radical (unpaired) electrons. The van der Waals surface area contributed by atoms with Crippen LogP contribution in [0.5, 0.6) is 0 Å². The Hall–Kier alpha value is -2.80. The van der Waals surface area contributed by atoms with Crippen molar-refractivity contribution in [3.05, 3.63) is 63.3 Å². The molecule has 7 heteroatoms. The maximum Gasteiger partial charge on any atom is 0.309 e. The van der Waals surface area contributed by atoms with Gasteiger partial charge in [-0.05, 0) is 23.8 Å². The molecule has 6 nitrogen and oxygen atoms in total. The van der Waals surface area contributed by atoms with E-state index in [1.165, 1.54) is 21.8 Å². The van der Waals surface area contributed by atoms with Crippen molar-refractivity contribution in [2.45, 2.75) is 6.42 Å². The number of pyridine rings is 1. The van der Waals surface area contributed by atoms with E-state index in [0.29, 0.717) is 16.3 Å². The summed E-state index contributed by atoms with van der Waals surface area (Å²) in [6, 6.07) is 5.08. The van der Waals surface area contributed by atoms with Gasteiger partial charge in [0.25, 0.3) is 5.56 Å². The summed E-state index contributed by atoms with van der Waals surface area (Å²) >= 11 is 1.25. The molecular weight excluding hydrogens is 302 g/mol. The molecule has 0 atom stereocenters. The summed E-state index contributed by atoms with van der Waals surface area (Å²) in [6.07, 6.45) is 6.75. The number of aliphatic carboxylic acids is 1. The molecule has 0 fully saturated rings. The Balaban J connectivity index is 1.98. The molecule has 0 saturated carbocycles. The van der Waals surface area contributed by atoms with Crippen LogP contribution in [0.2, 0.25) is 0 Å². The van der Waals surface area contributed by atoms with Gasteiger partial charge in [0, 0.05) is 29.5 Å². The zero-order valence-corrected chi connectivity index (χ0v) is 12.2. The van der Waals surface area contributed by atoms with Crippen LogP contribution < -0.4 is 5.56 Å². The molecule has 0 aromatic carbocycles. The fraction of sp³-hybridized carbons (Fsp3) is 0.0667. The van der Waals surface area contributed by atoms with Crippen molar-refractivity contribution in [1.29, 1.82) is 0 Å². The van der Waals surface area contributed by atoms with Crippen LogP contribution in [-0.4, -0.2) is 25.4 Å². The van der Waals surface area contributed by atoms with Gasteiger partial charge in [0.15, 0.2) is 4.96 Å². The Bertz CT molecular complexity index is 913. The normalized spacial score (nSPS) is 11.3. The smallest absolute Gasteiger partial charge is 0.309 e. The van der Waals surface area contributed by atoms with Crippen LogP contribution in [0.1, 0.15) is 17.0 Å². The number of hydrogen-bond acceptors (Lipinski definition) is 5. The largest absolute Gasteiger partial charge is 0.481 e. The van der Waals surface area contributed by atoms with Crippen LogP contribution >= 0.6 is 11.3 Å². The molecule has 0 amide bonds. The summed E-state index contributed by atoms with van der Waals surface area (Å²) in [5.41, 5.74) is 1.65. The molecular formula is C15H11N3O3S. The van der Waals surface area contributed by atoms with Gasteiger partial charge in [-0.25, -0.2) is 4.98 Å². The fourth-order valence-corrected chi connectivity index (χ4v) is 2.91. The van der Waals surface area contributed by atoms with Crippen LogP contribution in [0.25, 0.3) is 17.1 Å². The van der Waals surface area contributed by atoms with Crippen LogP contribution in [0.15, 0.2) is 40.8 Å². The molecule has 0 bridgehead atoms. The monoisotopic (exact) mass is 313 g/mol. The molecule has 3 heterocycles. The molecule has 0 spiro atoms. The fourth-order valence-electron chi connectivity index (χ4n) is 2.01. The molecule has 0 saturated heterocycles. The molecule has 0 unspecified atom stereocenters. The molecule has 0 aliphatic rings. The molecule has 3 aromatic rings. The van der Waals surface area contributed by atoms with Crippen molar-refractivity contribution < 1.29 is 9.90 Å². The van der Waals surface area contributed by atoms with Crippen LogP contribution in [0.4, 0.5) is 0 Å². The highest BCUT2D eigenvalue weighted by Crippen LogP contribution is 2.14. The number of carboxylic acid groups (broad SMARTS) is 1. The van der Waals surface area contributed by atoms with E-state index >= 15 is 0 Å². The Morgan fingerprint density at radius 3 is 2.82 bits per heavy atom. The van der Waals surface area contributed by atoms with E-state index in [2.05, 4.69) is 9.97 Å². The van der Waals surface area contributed by atoms with E-state index in [1.54, 1.807) is 23.8 Å². The van der Waals surface area contributed by atoms with Crippen LogP contribution in [0.3, 0.4) is 0 Å². The van der Waals surface area contributed by atoms with Crippen molar-refractivity contribution >= 4 is 34.4 Å². The number of nitrogens with zero attached hydrogens (tertiary/aromatic N) is 3. The predicted molar refractivity (Wildman–Crippen MR) is 83.8 cm³/mol. The van der Waals surface area contributed by atoms with Gasteiger partial charge in [0.05, 0.1) is 12.1 Å². The SMILES string of the molecule is O=C(O)Cc1csc2nc(C=Cc3ccncc3)cc(=O)n12. The van der Waals surface area contributed by atoms with E-state index in [0.717, 1.165) is 5.56 Å². The van der Waals surface area contributed by atoms with Crippen LogP contribution in [0, 0.1) is 0 Å². The number of aromatic nitrogens is 3. The third-order valence-electron chi connectivity index (χ3n) is 2.98. The molecule has 110 valence electrons. The van der Waals surface area contributed by atoms with Gasteiger partial charge in [-0.2, -0.15) is 0 Å². The van der Waals surface area contributed by atoms with Crippen molar-refractivity contribution in [2.75, 3.05) is 0 Å². The second kappa shape index (κ2) is 5.90. The maximum atomic E-state index is 12.2. The maximum absolute atomic E-state index is 12.2. The van der Waals surface area contributed by atoms with E-state index < -0.39 is 5.97 Å². The minimum Gasteiger partial charge on any atom is -0.481 e. The summed E-state index contributed by atoms with van der Waals surface area (Å²) in [4.78, 5) is 31.7. The van der Waals surface area contributed by atoms with E-state index in [1.807, 2.05) is 18.2 Å². The lowest BCUT2D eigenvalue weighted by Crippen LogP contribution is -2.17. The number of fused-ring (bicyclic) bond motifs is 1. The quantitative estimate of drug-likeness (QED) is 0.796. The minimum absolute atomic E-state index is 0.201. The predicted octanol–water partition coefficient (Wildman–Crippen LogP) is 1.95. The van der Waals surface area contributed by atoms with Crippen molar-refractivity contribution in [3.63, 3.8) is 0 Å². The van der Waals surface area contributed by atoms with E-state index in [-0.39, 0.29) is 12.0 Å². The zero-order valence-electron chi connectivity index (χ0n) is 11.3. The summed E-state index contributed by atoms with van der Waals surface area (Å²) in [5.74, 6) is -0.978. The van der Waals surface area contributed by atoms with Gasteiger partial charge in [-0.15, -0.1) is 11.3 Å². The van der Waals surface area contributed by atoms with Crippen molar-refractivity contribution in [1.82, 2.24) is 14.4 Å². The lowest BCUT2D eigenvalue weighted by molar-refractivity contribution is -0.136. The molecule has 0 aliphatic carbocycles. The van der Waals surface area contributed by atoms with Gasteiger partial charge in [-0.1, -0.05) is 6.08 Å². The highest BCUT2D eigenvalue weighted by atomic mass is 32.1. The van der Waals surface area contributed by atoms with Gasteiger partial charge < -0.3 is 5.11 Å². The second-order valence-electron chi connectivity index (χ2n) is 4.55. The van der Waals surface area contributed by atoms with Gasteiger partial charge >= 0.3 is 5.97 Å². The third-order valence-corrected chi connectivity index (χ3v) is 3.85. The van der Waals surface area contributed by atoms with E-state index in [9.17, 15) is 9.59 Å². The highest BCUT2D eigenvalue weighted by Gasteiger charge is 2.10. The standard InChI is InChI=1S/C15H11N3O3S/c19-13-7-11(2-1-10-3-5-16-6-4-10)17-15-18(13)12(9-22-15)8-14(20)21/h1-7,9H,8H2,(H,20,21). The Labute approximate surface area is 129 Å². The molecule has 1 N–H and O–H groups in total. The number of rotatable bonds is 4. The number of carboxylic acids is 1. The highest BCUT2D eigenvalue weighted by molar-refractivity contribution is 7.15. The lowest BCUT2D eigenvalue weighted by Gasteiger charge is -1.99. The summed E-state index contributed by atoms with van der Waals surface area (Å²) in [5, 5.41) is 10.5. The molecule has 3 rings (SSSR count). The first-order valence-electron chi connectivity index (χ1n) is 6.43. The topological polar surface area (TPSA) is 84.6 Å². The summed E-state index contributed by atoms with van der Waals surface area (Å²) < 4.78 is 1.34. The van der Waals surface area contributed by atoms with Gasteiger partial charge in [0.2, 0.25) is 0 Å².